The van der Waals surface area contributed by atoms with Crippen molar-refractivity contribution in [3.63, 3.8) is 0 Å². The largest absolute Gasteiger partial charge is 0.328 e. The first-order valence-corrected chi connectivity index (χ1v) is 5.22. The van der Waals surface area contributed by atoms with Gasteiger partial charge < -0.3 is 10.6 Å². The average molecular weight is 168 g/mol. The van der Waals surface area contributed by atoms with Gasteiger partial charge in [0, 0.05) is 12.6 Å². The Morgan fingerprint density at radius 3 is 2.83 bits per heavy atom. The summed E-state index contributed by atoms with van der Waals surface area (Å²) in [6.45, 7) is 6.10. The van der Waals surface area contributed by atoms with Crippen LogP contribution in [0.25, 0.3) is 0 Å². The molecule has 1 heterocycles. The fourth-order valence-electron chi connectivity index (χ4n) is 2.92. The molecule has 2 fully saturated rings. The van der Waals surface area contributed by atoms with Crippen molar-refractivity contribution in [2.75, 3.05) is 19.6 Å². The molecule has 12 heavy (non-hydrogen) atoms. The average Bonchev–Trinajstić information content (AvgIpc) is 2.61. The van der Waals surface area contributed by atoms with Crippen molar-refractivity contribution in [2.24, 2.45) is 11.1 Å². The van der Waals surface area contributed by atoms with E-state index in [1.807, 2.05) is 0 Å². The summed E-state index contributed by atoms with van der Waals surface area (Å²) in [5, 5.41) is 0. The first-order valence-electron chi connectivity index (χ1n) is 5.22. The SMILES string of the molecule is CCN1CCC2(CCC(N)C2)C1. The highest BCUT2D eigenvalue weighted by Crippen LogP contribution is 2.44. The van der Waals surface area contributed by atoms with Gasteiger partial charge in [0.15, 0.2) is 0 Å². The zero-order chi connectivity index (χ0) is 8.60. The molecular weight excluding hydrogens is 148 g/mol. The van der Waals surface area contributed by atoms with Crippen molar-refractivity contribution < 1.29 is 0 Å². The third-order valence-corrected chi connectivity index (χ3v) is 3.71. The van der Waals surface area contributed by atoms with Crippen LogP contribution in [0, 0.1) is 5.41 Å². The Kier molecular flexibility index (Phi) is 2.13. The summed E-state index contributed by atoms with van der Waals surface area (Å²) < 4.78 is 0. The summed E-state index contributed by atoms with van der Waals surface area (Å²) in [5.74, 6) is 0. The Balaban J connectivity index is 1.97. The van der Waals surface area contributed by atoms with E-state index in [4.69, 9.17) is 5.73 Å². The van der Waals surface area contributed by atoms with E-state index in [1.165, 1.54) is 45.3 Å². The summed E-state index contributed by atoms with van der Waals surface area (Å²) >= 11 is 0. The number of hydrogen-bond donors (Lipinski definition) is 1. The molecule has 0 bridgehead atoms. The van der Waals surface area contributed by atoms with E-state index in [9.17, 15) is 0 Å². The van der Waals surface area contributed by atoms with Crippen LogP contribution in [-0.4, -0.2) is 30.6 Å². The first-order chi connectivity index (χ1) is 5.74. The molecular formula is C10H20N2. The topological polar surface area (TPSA) is 29.3 Å². The second-order valence-corrected chi connectivity index (χ2v) is 4.62. The van der Waals surface area contributed by atoms with Gasteiger partial charge in [-0.1, -0.05) is 6.92 Å². The zero-order valence-corrected chi connectivity index (χ0v) is 8.05. The second kappa shape index (κ2) is 3.00. The number of hydrogen-bond acceptors (Lipinski definition) is 2. The van der Waals surface area contributed by atoms with Gasteiger partial charge >= 0.3 is 0 Å². The molecule has 0 radical (unpaired) electrons. The van der Waals surface area contributed by atoms with Gasteiger partial charge in [0.1, 0.15) is 0 Å². The molecule has 2 aliphatic rings. The van der Waals surface area contributed by atoms with Crippen LogP contribution in [-0.2, 0) is 0 Å². The van der Waals surface area contributed by atoms with Crippen LogP contribution in [0.5, 0.6) is 0 Å². The van der Waals surface area contributed by atoms with Crippen molar-refractivity contribution >= 4 is 0 Å². The Morgan fingerprint density at radius 2 is 2.33 bits per heavy atom. The van der Waals surface area contributed by atoms with Gasteiger partial charge in [0.05, 0.1) is 0 Å². The predicted molar refractivity (Wildman–Crippen MR) is 51.0 cm³/mol. The van der Waals surface area contributed by atoms with Gasteiger partial charge in [-0.2, -0.15) is 0 Å². The number of nitrogens with zero attached hydrogens (tertiary/aromatic N) is 1. The Bertz CT molecular complexity index is 169. The normalized spacial score (nSPS) is 43.0. The predicted octanol–water partition coefficient (Wildman–Crippen LogP) is 1.21. The first kappa shape index (κ1) is 8.52. The molecule has 1 saturated heterocycles. The maximum absolute atomic E-state index is 5.96. The standard InChI is InChI=1S/C10H20N2/c1-2-12-6-5-10(8-12)4-3-9(11)7-10/h9H,2-8,11H2,1H3. The lowest BCUT2D eigenvalue weighted by Crippen LogP contribution is -2.26. The van der Waals surface area contributed by atoms with Gasteiger partial charge in [-0.15, -0.1) is 0 Å². The maximum Gasteiger partial charge on any atom is 0.00448 e. The van der Waals surface area contributed by atoms with Crippen molar-refractivity contribution in [3.8, 4) is 0 Å². The van der Waals surface area contributed by atoms with Crippen molar-refractivity contribution in [1.29, 1.82) is 0 Å². The Morgan fingerprint density at radius 1 is 1.50 bits per heavy atom. The lowest BCUT2D eigenvalue weighted by molar-refractivity contribution is 0.267. The summed E-state index contributed by atoms with van der Waals surface area (Å²) in [6.07, 6.45) is 5.32. The summed E-state index contributed by atoms with van der Waals surface area (Å²) in [4.78, 5) is 2.57. The third kappa shape index (κ3) is 1.38. The molecule has 1 aliphatic heterocycles. The minimum Gasteiger partial charge on any atom is -0.328 e. The van der Waals surface area contributed by atoms with Crippen LogP contribution in [0.2, 0.25) is 0 Å². The van der Waals surface area contributed by atoms with Crippen LogP contribution in [0.15, 0.2) is 0 Å². The van der Waals surface area contributed by atoms with E-state index in [1.54, 1.807) is 0 Å². The summed E-state index contributed by atoms with van der Waals surface area (Å²) in [5.41, 5.74) is 6.59. The molecule has 1 aliphatic carbocycles. The molecule has 0 aromatic carbocycles. The molecule has 2 rings (SSSR count). The Hall–Kier alpha value is -0.0800. The minimum atomic E-state index is 0.502. The van der Waals surface area contributed by atoms with E-state index in [0.29, 0.717) is 11.5 Å². The van der Waals surface area contributed by atoms with E-state index in [-0.39, 0.29) is 0 Å². The van der Waals surface area contributed by atoms with Crippen molar-refractivity contribution in [3.05, 3.63) is 0 Å². The number of nitrogens with two attached hydrogens (primary N) is 1. The molecule has 70 valence electrons. The van der Waals surface area contributed by atoms with Crippen LogP contribution >= 0.6 is 0 Å². The fourth-order valence-corrected chi connectivity index (χ4v) is 2.92. The molecule has 0 amide bonds. The van der Waals surface area contributed by atoms with E-state index < -0.39 is 0 Å². The fraction of sp³-hybridized carbons (Fsp3) is 1.00. The van der Waals surface area contributed by atoms with Crippen LogP contribution in [0.3, 0.4) is 0 Å². The molecule has 2 N–H and O–H groups in total. The monoisotopic (exact) mass is 168 g/mol. The quantitative estimate of drug-likeness (QED) is 0.637. The third-order valence-electron chi connectivity index (χ3n) is 3.71. The number of rotatable bonds is 1. The lowest BCUT2D eigenvalue weighted by atomic mass is 9.85. The van der Waals surface area contributed by atoms with Gasteiger partial charge in [-0.3, -0.25) is 0 Å². The highest BCUT2D eigenvalue weighted by atomic mass is 15.2. The molecule has 2 nitrogen and oxygen atoms in total. The van der Waals surface area contributed by atoms with Crippen LogP contribution < -0.4 is 5.73 Å². The van der Waals surface area contributed by atoms with Crippen LogP contribution in [0.4, 0.5) is 0 Å². The van der Waals surface area contributed by atoms with Gasteiger partial charge in [-0.05, 0) is 44.2 Å². The molecule has 1 saturated carbocycles. The van der Waals surface area contributed by atoms with Crippen molar-refractivity contribution in [1.82, 2.24) is 4.90 Å². The molecule has 2 heteroatoms. The van der Waals surface area contributed by atoms with E-state index in [0.717, 1.165) is 0 Å². The maximum atomic E-state index is 5.96. The molecule has 0 aromatic rings. The second-order valence-electron chi connectivity index (χ2n) is 4.62. The number of likely N-dealkylation sites (tertiary alicyclic amines) is 1. The van der Waals surface area contributed by atoms with Crippen molar-refractivity contribution in [2.45, 2.75) is 38.6 Å². The molecule has 2 atom stereocenters. The molecule has 0 aromatic heterocycles. The van der Waals surface area contributed by atoms with Crippen LogP contribution in [0.1, 0.15) is 32.6 Å². The highest BCUT2D eigenvalue weighted by molar-refractivity contribution is 4.97. The van der Waals surface area contributed by atoms with Gasteiger partial charge in [0.2, 0.25) is 0 Å². The Labute approximate surface area is 75.1 Å². The smallest absolute Gasteiger partial charge is 0.00448 e. The zero-order valence-electron chi connectivity index (χ0n) is 8.05. The summed E-state index contributed by atoms with van der Waals surface area (Å²) in [7, 11) is 0. The van der Waals surface area contributed by atoms with E-state index >= 15 is 0 Å². The molecule has 2 unspecified atom stereocenters. The molecule has 1 spiro atoms. The summed E-state index contributed by atoms with van der Waals surface area (Å²) in [6, 6.07) is 0.502. The van der Waals surface area contributed by atoms with Gasteiger partial charge in [-0.25, -0.2) is 0 Å². The lowest BCUT2D eigenvalue weighted by Gasteiger charge is -2.23. The highest BCUT2D eigenvalue weighted by Gasteiger charge is 2.42. The minimum absolute atomic E-state index is 0.502. The van der Waals surface area contributed by atoms with E-state index in [2.05, 4.69) is 11.8 Å². The van der Waals surface area contributed by atoms with Gasteiger partial charge in [0.25, 0.3) is 0 Å².